The second-order valence-electron chi connectivity index (χ2n) is 5.68. The largest absolute Gasteiger partial charge is 0.481 e. The molecule has 3 N–H and O–H groups in total. The van der Waals surface area contributed by atoms with Crippen LogP contribution >= 0.6 is 0 Å². The molecule has 0 aromatic carbocycles. The van der Waals surface area contributed by atoms with E-state index in [2.05, 4.69) is 15.6 Å². The van der Waals surface area contributed by atoms with E-state index in [1.165, 1.54) is 0 Å². The molecule has 0 bridgehead atoms. The van der Waals surface area contributed by atoms with E-state index in [0.29, 0.717) is 18.5 Å². The lowest BCUT2D eigenvalue weighted by Crippen LogP contribution is -2.52. The summed E-state index contributed by atoms with van der Waals surface area (Å²) in [5, 5.41) is 14.7. The molecular formula is C15H21N3O3. The van der Waals surface area contributed by atoms with Crippen LogP contribution in [0.5, 0.6) is 0 Å². The summed E-state index contributed by atoms with van der Waals surface area (Å²) in [7, 11) is 0. The molecule has 0 radical (unpaired) electrons. The predicted molar refractivity (Wildman–Crippen MR) is 79.2 cm³/mol. The minimum absolute atomic E-state index is 0.0353. The quantitative estimate of drug-likeness (QED) is 0.795. The molecule has 1 heterocycles. The molecule has 1 saturated carbocycles. The molecule has 1 aromatic heterocycles. The van der Waals surface area contributed by atoms with E-state index in [9.17, 15) is 9.59 Å². The van der Waals surface area contributed by atoms with Gasteiger partial charge in [0.2, 0.25) is 0 Å². The Kier molecular flexibility index (Phi) is 4.77. The number of anilines is 1. The average molecular weight is 291 g/mol. The number of carboxylic acid groups (broad SMARTS) is 1. The Morgan fingerprint density at radius 3 is 2.67 bits per heavy atom. The fourth-order valence-electron chi connectivity index (χ4n) is 2.85. The molecule has 1 aromatic rings. The zero-order chi connectivity index (χ0) is 15.3. The lowest BCUT2D eigenvalue weighted by molar-refractivity contribution is -0.138. The van der Waals surface area contributed by atoms with Gasteiger partial charge in [0.15, 0.2) is 0 Å². The Hall–Kier alpha value is -2.11. The van der Waals surface area contributed by atoms with Crippen LogP contribution in [-0.2, 0) is 4.79 Å². The normalized spacial score (nSPS) is 17.0. The molecule has 6 nitrogen and oxygen atoms in total. The summed E-state index contributed by atoms with van der Waals surface area (Å²) < 4.78 is 0. The zero-order valence-corrected chi connectivity index (χ0v) is 12.2. The topological polar surface area (TPSA) is 91.3 Å². The first kappa shape index (κ1) is 15.3. The second-order valence-corrected chi connectivity index (χ2v) is 5.68. The fourth-order valence-corrected chi connectivity index (χ4v) is 2.85. The number of pyridine rings is 1. The summed E-state index contributed by atoms with van der Waals surface area (Å²) in [6, 6.07) is 1.44. The lowest BCUT2D eigenvalue weighted by Gasteiger charge is -2.36. The van der Waals surface area contributed by atoms with Crippen molar-refractivity contribution in [2.24, 2.45) is 0 Å². The molecule has 0 saturated heterocycles. The molecule has 0 unspecified atom stereocenters. The zero-order valence-electron chi connectivity index (χ0n) is 12.2. The van der Waals surface area contributed by atoms with Crippen LogP contribution in [0.1, 0.15) is 44.1 Å². The van der Waals surface area contributed by atoms with Crippen LogP contribution in [-0.4, -0.2) is 27.6 Å². The van der Waals surface area contributed by atoms with Gasteiger partial charge in [-0.1, -0.05) is 19.3 Å². The minimum Gasteiger partial charge on any atom is -0.481 e. The molecule has 114 valence electrons. The van der Waals surface area contributed by atoms with Gasteiger partial charge in [-0.3, -0.25) is 9.78 Å². The van der Waals surface area contributed by atoms with Gasteiger partial charge in [0.1, 0.15) is 0 Å². The van der Waals surface area contributed by atoms with Gasteiger partial charge in [0.05, 0.1) is 23.8 Å². The van der Waals surface area contributed by atoms with Gasteiger partial charge in [-0.05, 0) is 31.4 Å². The number of carbonyl (C=O) groups excluding carboxylic acids is 1. The van der Waals surface area contributed by atoms with Crippen LogP contribution < -0.4 is 10.6 Å². The molecule has 1 aliphatic carbocycles. The standard InChI is InChI=1S/C15H21N3O3/c1-11-5-8-16-10-12(11)17-14(21)18-15(9-13(19)20)6-3-2-4-7-15/h5,8,10H,2-4,6-7,9H2,1H3,(H,19,20)(H2,17,18,21). The summed E-state index contributed by atoms with van der Waals surface area (Å²) in [5.74, 6) is -0.880. The molecular weight excluding hydrogens is 270 g/mol. The van der Waals surface area contributed by atoms with Gasteiger partial charge < -0.3 is 15.7 Å². The number of aryl methyl sites for hydroxylation is 1. The van der Waals surface area contributed by atoms with Crippen molar-refractivity contribution in [1.29, 1.82) is 0 Å². The third kappa shape index (κ3) is 4.18. The van der Waals surface area contributed by atoms with Gasteiger partial charge in [-0.2, -0.15) is 0 Å². The van der Waals surface area contributed by atoms with Crippen molar-refractivity contribution in [2.75, 3.05) is 5.32 Å². The molecule has 2 amide bonds. The van der Waals surface area contributed by atoms with Gasteiger partial charge in [-0.15, -0.1) is 0 Å². The highest BCUT2D eigenvalue weighted by molar-refractivity contribution is 5.90. The monoisotopic (exact) mass is 291 g/mol. The maximum absolute atomic E-state index is 12.2. The Labute approximate surface area is 124 Å². The number of carboxylic acids is 1. The highest BCUT2D eigenvalue weighted by Gasteiger charge is 2.35. The van der Waals surface area contributed by atoms with E-state index in [0.717, 1.165) is 24.8 Å². The minimum atomic E-state index is -0.880. The maximum Gasteiger partial charge on any atom is 0.319 e. The number of carbonyl (C=O) groups is 2. The van der Waals surface area contributed by atoms with Crippen molar-refractivity contribution in [2.45, 2.75) is 51.0 Å². The molecule has 1 fully saturated rings. The molecule has 0 atom stereocenters. The highest BCUT2D eigenvalue weighted by Crippen LogP contribution is 2.31. The summed E-state index contributed by atoms with van der Waals surface area (Å²) in [5.41, 5.74) is 0.914. The van der Waals surface area contributed by atoms with Crippen molar-refractivity contribution >= 4 is 17.7 Å². The third-order valence-electron chi connectivity index (χ3n) is 3.97. The van der Waals surface area contributed by atoms with Gasteiger partial charge >= 0.3 is 12.0 Å². The second kappa shape index (κ2) is 6.56. The Morgan fingerprint density at radius 2 is 2.05 bits per heavy atom. The van der Waals surface area contributed by atoms with Crippen LogP contribution in [0, 0.1) is 6.92 Å². The fraction of sp³-hybridized carbons (Fsp3) is 0.533. The van der Waals surface area contributed by atoms with Crippen LogP contribution in [0.2, 0.25) is 0 Å². The summed E-state index contributed by atoms with van der Waals surface area (Å²) >= 11 is 0. The van der Waals surface area contributed by atoms with Crippen LogP contribution in [0.15, 0.2) is 18.5 Å². The number of nitrogens with one attached hydrogen (secondary N) is 2. The van der Waals surface area contributed by atoms with Crippen molar-refractivity contribution in [3.63, 3.8) is 0 Å². The average Bonchev–Trinajstić information content (AvgIpc) is 2.41. The SMILES string of the molecule is Cc1ccncc1NC(=O)NC1(CC(=O)O)CCCCC1. The maximum atomic E-state index is 12.2. The van der Waals surface area contributed by atoms with Crippen molar-refractivity contribution in [3.05, 3.63) is 24.0 Å². The predicted octanol–water partition coefficient (Wildman–Crippen LogP) is 2.69. The van der Waals surface area contributed by atoms with Crippen LogP contribution in [0.3, 0.4) is 0 Å². The first-order chi connectivity index (χ1) is 10.0. The summed E-state index contributed by atoms with van der Waals surface area (Å²) in [6.45, 7) is 1.88. The van der Waals surface area contributed by atoms with Gasteiger partial charge in [-0.25, -0.2) is 4.79 Å². The van der Waals surface area contributed by atoms with Gasteiger partial charge in [0.25, 0.3) is 0 Å². The molecule has 0 aliphatic heterocycles. The van der Waals surface area contributed by atoms with Crippen molar-refractivity contribution < 1.29 is 14.7 Å². The molecule has 0 spiro atoms. The number of hydrogen-bond donors (Lipinski definition) is 3. The van der Waals surface area contributed by atoms with E-state index in [1.54, 1.807) is 12.4 Å². The summed E-state index contributed by atoms with van der Waals surface area (Å²) in [4.78, 5) is 27.2. The molecule has 2 rings (SSSR count). The molecule has 1 aliphatic rings. The van der Waals surface area contributed by atoms with Crippen LogP contribution in [0.4, 0.5) is 10.5 Å². The van der Waals surface area contributed by atoms with Crippen molar-refractivity contribution in [3.8, 4) is 0 Å². The number of urea groups is 1. The molecule has 6 heteroatoms. The van der Waals surface area contributed by atoms with Crippen molar-refractivity contribution in [1.82, 2.24) is 10.3 Å². The number of aromatic nitrogens is 1. The number of rotatable bonds is 4. The Balaban J connectivity index is 2.04. The lowest BCUT2D eigenvalue weighted by atomic mass is 9.79. The Morgan fingerprint density at radius 1 is 1.33 bits per heavy atom. The van der Waals surface area contributed by atoms with E-state index >= 15 is 0 Å². The van der Waals surface area contributed by atoms with E-state index < -0.39 is 11.5 Å². The summed E-state index contributed by atoms with van der Waals surface area (Å²) in [6.07, 6.45) is 7.60. The number of hydrogen-bond acceptors (Lipinski definition) is 3. The Bertz CT molecular complexity index is 525. The highest BCUT2D eigenvalue weighted by atomic mass is 16.4. The van der Waals surface area contributed by atoms with Gasteiger partial charge in [0, 0.05) is 6.20 Å². The number of amides is 2. The first-order valence-corrected chi connectivity index (χ1v) is 7.22. The third-order valence-corrected chi connectivity index (χ3v) is 3.97. The number of aliphatic carboxylic acids is 1. The van der Waals surface area contributed by atoms with E-state index in [4.69, 9.17) is 5.11 Å². The first-order valence-electron chi connectivity index (χ1n) is 7.22. The van der Waals surface area contributed by atoms with E-state index in [1.807, 2.05) is 13.0 Å². The molecule has 21 heavy (non-hydrogen) atoms. The number of nitrogens with zero attached hydrogens (tertiary/aromatic N) is 1. The smallest absolute Gasteiger partial charge is 0.319 e. The van der Waals surface area contributed by atoms with Crippen LogP contribution in [0.25, 0.3) is 0 Å². The van der Waals surface area contributed by atoms with E-state index in [-0.39, 0.29) is 12.5 Å².